The number of unbranched alkanes of at least 4 members (excludes halogenated alkanes) is 1. The van der Waals surface area contributed by atoms with Crippen LogP contribution in [-0.2, 0) is 6.42 Å². The van der Waals surface area contributed by atoms with E-state index in [0.717, 1.165) is 25.2 Å². The molecule has 94 valence electrons. The molecule has 0 saturated heterocycles. The second kappa shape index (κ2) is 6.85. The molecule has 2 aromatic rings. The van der Waals surface area contributed by atoms with E-state index in [4.69, 9.17) is 4.74 Å². The topological polar surface area (TPSA) is 9.23 Å². The summed E-state index contributed by atoms with van der Waals surface area (Å²) in [7, 11) is 0. The summed E-state index contributed by atoms with van der Waals surface area (Å²) in [5, 5.41) is 0. The fourth-order valence-corrected chi connectivity index (χ4v) is 2.01. The largest absolute Gasteiger partial charge is 0.494 e. The van der Waals surface area contributed by atoms with Crippen LogP contribution in [0.5, 0.6) is 5.75 Å². The van der Waals surface area contributed by atoms with Crippen LogP contribution in [0, 0.1) is 6.92 Å². The van der Waals surface area contributed by atoms with Gasteiger partial charge in [-0.1, -0.05) is 42.5 Å². The molecule has 0 aliphatic carbocycles. The highest BCUT2D eigenvalue weighted by Gasteiger charge is 1.97. The van der Waals surface area contributed by atoms with Gasteiger partial charge in [0.15, 0.2) is 0 Å². The van der Waals surface area contributed by atoms with Crippen LogP contribution in [0.1, 0.15) is 24.0 Å². The molecule has 0 saturated carbocycles. The van der Waals surface area contributed by atoms with E-state index in [-0.39, 0.29) is 0 Å². The van der Waals surface area contributed by atoms with E-state index in [1.807, 2.05) is 30.3 Å². The number of rotatable bonds is 6. The van der Waals surface area contributed by atoms with Crippen molar-refractivity contribution in [3.05, 3.63) is 65.7 Å². The molecule has 0 unspecified atom stereocenters. The molecule has 2 rings (SSSR count). The van der Waals surface area contributed by atoms with Crippen molar-refractivity contribution < 1.29 is 4.74 Å². The SMILES string of the molecule is Cc1ccccc1CCCCOc1ccccc1. The number of ether oxygens (including phenoxy) is 1. The van der Waals surface area contributed by atoms with E-state index in [1.54, 1.807) is 0 Å². The van der Waals surface area contributed by atoms with E-state index >= 15 is 0 Å². The second-order valence-corrected chi connectivity index (χ2v) is 4.55. The maximum atomic E-state index is 5.67. The average Bonchev–Trinajstić information content (AvgIpc) is 2.42. The average molecular weight is 240 g/mol. The summed E-state index contributed by atoms with van der Waals surface area (Å²) in [5.41, 5.74) is 2.85. The maximum absolute atomic E-state index is 5.67. The lowest BCUT2D eigenvalue weighted by Crippen LogP contribution is -1.98. The molecule has 0 aromatic heterocycles. The molecule has 0 spiro atoms. The number of para-hydroxylation sites is 1. The fraction of sp³-hybridized carbons (Fsp3) is 0.294. The van der Waals surface area contributed by atoms with Crippen molar-refractivity contribution in [1.82, 2.24) is 0 Å². The first-order valence-electron chi connectivity index (χ1n) is 6.58. The first-order valence-corrected chi connectivity index (χ1v) is 6.58. The Morgan fingerprint density at radius 3 is 2.33 bits per heavy atom. The molecule has 0 aliphatic heterocycles. The first kappa shape index (κ1) is 12.7. The van der Waals surface area contributed by atoms with Crippen LogP contribution < -0.4 is 4.74 Å². The molecule has 0 aliphatic rings. The quantitative estimate of drug-likeness (QED) is 0.680. The normalized spacial score (nSPS) is 10.3. The van der Waals surface area contributed by atoms with Crippen molar-refractivity contribution in [1.29, 1.82) is 0 Å². The summed E-state index contributed by atoms with van der Waals surface area (Å²) in [6, 6.07) is 18.6. The predicted molar refractivity (Wildman–Crippen MR) is 76.1 cm³/mol. The van der Waals surface area contributed by atoms with Crippen LogP contribution in [0.2, 0.25) is 0 Å². The Bertz CT molecular complexity index is 462. The zero-order valence-electron chi connectivity index (χ0n) is 10.9. The lowest BCUT2D eigenvalue weighted by molar-refractivity contribution is 0.307. The summed E-state index contributed by atoms with van der Waals surface area (Å²) in [4.78, 5) is 0. The van der Waals surface area contributed by atoms with Gasteiger partial charge in [-0.05, 0) is 49.4 Å². The zero-order chi connectivity index (χ0) is 12.6. The third kappa shape index (κ3) is 3.92. The molecule has 0 bridgehead atoms. The Labute approximate surface area is 109 Å². The minimum atomic E-state index is 0.801. The monoisotopic (exact) mass is 240 g/mol. The highest BCUT2D eigenvalue weighted by molar-refractivity contribution is 5.25. The minimum Gasteiger partial charge on any atom is -0.494 e. The number of hydrogen-bond acceptors (Lipinski definition) is 1. The van der Waals surface area contributed by atoms with Crippen molar-refractivity contribution in [2.24, 2.45) is 0 Å². The zero-order valence-corrected chi connectivity index (χ0v) is 10.9. The van der Waals surface area contributed by atoms with Gasteiger partial charge in [-0.3, -0.25) is 0 Å². The second-order valence-electron chi connectivity index (χ2n) is 4.55. The standard InChI is InChI=1S/C17H20O/c1-15-9-5-6-10-16(15)11-7-8-14-18-17-12-3-2-4-13-17/h2-6,9-10,12-13H,7-8,11,14H2,1H3. The number of benzene rings is 2. The Morgan fingerprint density at radius 1 is 0.833 bits per heavy atom. The molecule has 18 heavy (non-hydrogen) atoms. The van der Waals surface area contributed by atoms with Crippen molar-refractivity contribution in [2.45, 2.75) is 26.2 Å². The number of hydrogen-bond donors (Lipinski definition) is 0. The molecule has 1 nitrogen and oxygen atoms in total. The Morgan fingerprint density at radius 2 is 1.56 bits per heavy atom. The van der Waals surface area contributed by atoms with Crippen LogP contribution in [-0.4, -0.2) is 6.61 Å². The molecule has 0 fully saturated rings. The molecule has 2 aromatic carbocycles. The van der Waals surface area contributed by atoms with Crippen LogP contribution in [0.25, 0.3) is 0 Å². The van der Waals surface area contributed by atoms with E-state index < -0.39 is 0 Å². The van der Waals surface area contributed by atoms with Crippen molar-refractivity contribution in [3.8, 4) is 5.75 Å². The summed E-state index contributed by atoms with van der Waals surface area (Å²) in [6.07, 6.45) is 3.42. The Kier molecular flexibility index (Phi) is 4.83. The van der Waals surface area contributed by atoms with Gasteiger partial charge in [0, 0.05) is 0 Å². The van der Waals surface area contributed by atoms with E-state index in [9.17, 15) is 0 Å². The van der Waals surface area contributed by atoms with Crippen LogP contribution in [0.15, 0.2) is 54.6 Å². The molecule has 1 heteroatoms. The van der Waals surface area contributed by atoms with Crippen molar-refractivity contribution in [3.63, 3.8) is 0 Å². The van der Waals surface area contributed by atoms with Gasteiger partial charge < -0.3 is 4.74 Å². The highest BCUT2D eigenvalue weighted by Crippen LogP contribution is 2.12. The first-order chi connectivity index (χ1) is 8.86. The van der Waals surface area contributed by atoms with E-state index in [0.29, 0.717) is 0 Å². The van der Waals surface area contributed by atoms with Gasteiger partial charge in [-0.2, -0.15) is 0 Å². The molecule has 0 amide bonds. The Balaban J connectivity index is 1.66. The predicted octanol–water partition coefficient (Wildman–Crippen LogP) is 4.40. The lowest BCUT2D eigenvalue weighted by Gasteiger charge is -2.07. The van der Waals surface area contributed by atoms with Gasteiger partial charge in [0.2, 0.25) is 0 Å². The lowest BCUT2D eigenvalue weighted by atomic mass is 10.0. The highest BCUT2D eigenvalue weighted by atomic mass is 16.5. The van der Waals surface area contributed by atoms with E-state index in [2.05, 4.69) is 31.2 Å². The van der Waals surface area contributed by atoms with Gasteiger partial charge in [-0.25, -0.2) is 0 Å². The molecule has 0 N–H and O–H groups in total. The van der Waals surface area contributed by atoms with Gasteiger partial charge in [-0.15, -0.1) is 0 Å². The van der Waals surface area contributed by atoms with Crippen LogP contribution in [0.3, 0.4) is 0 Å². The summed E-state index contributed by atoms with van der Waals surface area (Å²) < 4.78 is 5.67. The van der Waals surface area contributed by atoms with Gasteiger partial charge >= 0.3 is 0 Å². The van der Waals surface area contributed by atoms with Crippen LogP contribution in [0.4, 0.5) is 0 Å². The summed E-state index contributed by atoms with van der Waals surface area (Å²) in [6.45, 7) is 2.98. The van der Waals surface area contributed by atoms with Gasteiger partial charge in [0.05, 0.1) is 6.61 Å². The van der Waals surface area contributed by atoms with E-state index in [1.165, 1.54) is 17.5 Å². The molecule has 0 radical (unpaired) electrons. The molecular formula is C17H20O. The molecule has 0 heterocycles. The Hall–Kier alpha value is -1.76. The molecule has 0 atom stereocenters. The molecular weight excluding hydrogens is 220 g/mol. The van der Waals surface area contributed by atoms with Gasteiger partial charge in [0.25, 0.3) is 0 Å². The van der Waals surface area contributed by atoms with Crippen LogP contribution >= 0.6 is 0 Å². The minimum absolute atomic E-state index is 0.801. The van der Waals surface area contributed by atoms with Gasteiger partial charge in [0.1, 0.15) is 5.75 Å². The third-order valence-corrected chi connectivity index (χ3v) is 3.11. The maximum Gasteiger partial charge on any atom is 0.119 e. The van der Waals surface area contributed by atoms with Crippen molar-refractivity contribution in [2.75, 3.05) is 6.61 Å². The smallest absolute Gasteiger partial charge is 0.119 e. The van der Waals surface area contributed by atoms with Crippen molar-refractivity contribution >= 4 is 0 Å². The summed E-state index contributed by atoms with van der Waals surface area (Å²) >= 11 is 0. The number of aryl methyl sites for hydroxylation is 2. The third-order valence-electron chi connectivity index (χ3n) is 3.11. The fourth-order valence-electron chi connectivity index (χ4n) is 2.01. The summed E-state index contributed by atoms with van der Waals surface area (Å²) in [5.74, 6) is 0.966.